The molecule has 0 radical (unpaired) electrons. The lowest BCUT2D eigenvalue weighted by Gasteiger charge is -2.20. The van der Waals surface area contributed by atoms with Gasteiger partial charge in [0.05, 0.1) is 28.7 Å². The molecule has 0 spiro atoms. The van der Waals surface area contributed by atoms with Gasteiger partial charge >= 0.3 is 0 Å². The summed E-state index contributed by atoms with van der Waals surface area (Å²) in [6, 6.07) is 20.8. The van der Waals surface area contributed by atoms with Crippen molar-refractivity contribution in [1.29, 1.82) is 0 Å². The number of H-pyrrole nitrogens is 1. The Hall–Kier alpha value is -4.59. The molecule has 0 aliphatic heterocycles. The number of aryl methyl sites for hydroxylation is 1. The van der Waals surface area contributed by atoms with Crippen molar-refractivity contribution in [1.82, 2.24) is 24.6 Å². The molecular formula is C28H24FN5O2. The summed E-state index contributed by atoms with van der Waals surface area (Å²) >= 11 is 0. The third kappa shape index (κ3) is 4.53. The highest BCUT2D eigenvalue weighted by Crippen LogP contribution is 2.26. The molecule has 2 heterocycles. The number of amides is 1. The van der Waals surface area contributed by atoms with Crippen molar-refractivity contribution in [3.8, 4) is 16.9 Å². The molecule has 5 aromatic rings. The van der Waals surface area contributed by atoms with Crippen molar-refractivity contribution in [2.45, 2.75) is 20.4 Å². The highest BCUT2D eigenvalue weighted by atomic mass is 19.1. The molecule has 0 saturated carbocycles. The van der Waals surface area contributed by atoms with Gasteiger partial charge in [0.1, 0.15) is 17.3 Å². The van der Waals surface area contributed by atoms with Crippen LogP contribution in [0.3, 0.4) is 0 Å². The third-order valence-corrected chi connectivity index (χ3v) is 6.00. The third-order valence-electron chi connectivity index (χ3n) is 6.00. The molecule has 0 aliphatic rings. The Morgan fingerprint density at radius 3 is 2.58 bits per heavy atom. The van der Waals surface area contributed by atoms with E-state index >= 15 is 0 Å². The second kappa shape index (κ2) is 9.58. The van der Waals surface area contributed by atoms with Crippen LogP contribution >= 0.6 is 0 Å². The summed E-state index contributed by atoms with van der Waals surface area (Å²) < 4.78 is 15.1. The molecule has 0 saturated heterocycles. The van der Waals surface area contributed by atoms with Gasteiger partial charge in [-0.2, -0.15) is 5.10 Å². The first-order valence-electron chi connectivity index (χ1n) is 11.6. The fourth-order valence-electron chi connectivity index (χ4n) is 4.15. The molecule has 0 unspecified atom stereocenters. The molecule has 1 N–H and O–H groups in total. The molecule has 0 bridgehead atoms. The van der Waals surface area contributed by atoms with Crippen molar-refractivity contribution >= 4 is 16.8 Å². The largest absolute Gasteiger partial charge is 0.331 e. The highest BCUT2D eigenvalue weighted by molar-refractivity contribution is 6.00. The Bertz CT molecular complexity index is 1620. The second-order valence-electron chi connectivity index (χ2n) is 8.53. The van der Waals surface area contributed by atoms with E-state index in [1.165, 1.54) is 12.1 Å². The predicted octanol–water partition coefficient (Wildman–Crippen LogP) is 4.89. The summed E-state index contributed by atoms with van der Waals surface area (Å²) in [5.74, 6) is -0.203. The average molecular weight is 482 g/mol. The van der Waals surface area contributed by atoms with Crippen LogP contribution < -0.4 is 5.56 Å². The molecule has 0 fully saturated rings. The van der Waals surface area contributed by atoms with Crippen LogP contribution in [0.4, 0.5) is 4.39 Å². The van der Waals surface area contributed by atoms with E-state index in [9.17, 15) is 14.0 Å². The van der Waals surface area contributed by atoms with E-state index in [1.807, 2.05) is 44.2 Å². The van der Waals surface area contributed by atoms with Crippen LogP contribution in [0.1, 0.15) is 28.7 Å². The summed E-state index contributed by atoms with van der Waals surface area (Å²) in [5, 5.41) is 5.19. The number of aromatic amines is 1. The van der Waals surface area contributed by atoms with Gasteiger partial charge in [0.15, 0.2) is 0 Å². The molecule has 3 aromatic carbocycles. The molecule has 1 amide bonds. The molecule has 8 heteroatoms. The number of aromatic nitrogens is 4. The summed E-state index contributed by atoms with van der Waals surface area (Å²) in [4.78, 5) is 35.3. The van der Waals surface area contributed by atoms with Crippen LogP contribution in [-0.4, -0.2) is 37.1 Å². The topological polar surface area (TPSA) is 83.9 Å². The van der Waals surface area contributed by atoms with Gasteiger partial charge in [-0.25, -0.2) is 14.1 Å². The normalized spacial score (nSPS) is 11.1. The Kier molecular flexibility index (Phi) is 6.16. The molecule has 2 aromatic heterocycles. The van der Waals surface area contributed by atoms with Gasteiger partial charge in [0.25, 0.3) is 11.5 Å². The zero-order valence-corrected chi connectivity index (χ0v) is 19.9. The minimum absolute atomic E-state index is 0.129. The van der Waals surface area contributed by atoms with Crippen molar-refractivity contribution in [2.24, 2.45) is 0 Å². The van der Waals surface area contributed by atoms with Crippen LogP contribution in [0, 0.1) is 12.7 Å². The van der Waals surface area contributed by atoms with Crippen molar-refractivity contribution < 1.29 is 9.18 Å². The number of nitrogens with zero attached hydrogens (tertiary/aromatic N) is 4. The number of carbonyl (C=O) groups is 1. The average Bonchev–Trinajstić information content (AvgIpc) is 3.33. The fourth-order valence-corrected chi connectivity index (χ4v) is 4.15. The summed E-state index contributed by atoms with van der Waals surface area (Å²) in [5.41, 5.74) is 3.71. The van der Waals surface area contributed by atoms with Gasteiger partial charge in [-0.1, -0.05) is 35.9 Å². The Labute approximate surface area is 206 Å². The molecule has 180 valence electrons. The van der Waals surface area contributed by atoms with E-state index in [2.05, 4.69) is 9.97 Å². The summed E-state index contributed by atoms with van der Waals surface area (Å²) in [6.45, 7) is 4.37. The minimum atomic E-state index is -0.352. The number of hydrogen-bond donors (Lipinski definition) is 1. The Balaban J connectivity index is 1.55. The predicted molar refractivity (Wildman–Crippen MR) is 136 cm³/mol. The van der Waals surface area contributed by atoms with Crippen molar-refractivity contribution in [3.05, 3.63) is 112 Å². The number of nitrogens with one attached hydrogen (secondary N) is 1. The minimum Gasteiger partial charge on any atom is -0.331 e. The first-order valence-corrected chi connectivity index (χ1v) is 11.6. The first kappa shape index (κ1) is 23.2. The standard InChI is InChI=1S/C28H24FN5O2/c1-3-33(17-25-30-24-10-5-4-9-22(24)27(35)31-25)28(36)23-16-34(21-13-11-20(29)12-14-21)32-26(23)19-8-6-7-18(2)15-19/h4-16H,3,17H2,1-2H3,(H,30,31,35). The zero-order valence-electron chi connectivity index (χ0n) is 19.9. The molecule has 5 rings (SSSR count). The number of para-hydroxylation sites is 1. The van der Waals surface area contributed by atoms with Crippen molar-refractivity contribution in [3.63, 3.8) is 0 Å². The van der Waals surface area contributed by atoms with Gasteiger partial charge in [0, 0.05) is 18.3 Å². The monoisotopic (exact) mass is 481 g/mol. The second-order valence-corrected chi connectivity index (χ2v) is 8.53. The number of benzene rings is 3. The molecule has 36 heavy (non-hydrogen) atoms. The fraction of sp³-hybridized carbons (Fsp3) is 0.143. The quantitative estimate of drug-likeness (QED) is 0.375. The smallest absolute Gasteiger partial charge is 0.258 e. The zero-order chi connectivity index (χ0) is 25.2. The lowest BCUT2D eigenvalue weighted by atomic mass is 10.0. The maximum atomic E-state index is 13.8. The Morgan fingerprint density at radius 2 is 1.83 bits per heavy atom. The van der Waals surface area contributed by atoms with E-state index in [0.717, 1.165) is 11.1 Å². The maximum absolute atomic E-state index is 13.8. The molecular weight excluding hydrogens is 457 g/mol. The van der Waals surface area contributed by atoms with Crippen LogP contribution in [0.25, 0.3) is 27.8 Å². The number of halogens is 1. The van der Waals surface area contributed by atoms with E-state index < -0.39 is 0 Å². The van der Waals surface area contributed by atoms with Gasteiger partial charge in [-0.05, 0) is 56.3 Å². The Morgan fingerprint density at radius 1 is 1.06 bits per heavy atom. The van der Waals surface area contributed by atoms with Gasteiger partial charge in [-0.15, -0.1) is 0 Å². The molecule has 0 aliphatic carbocycles. The lowest BCUT2D eigenvalue weighted by molar-refractivity contribution is 0.0749. The lowest BCUT2D eigenvalue weighted by Crippen LogP contribution is -2.32. The van der Waals surface area contributed by atoms with E-state index in [4.69, 9.17) is 5.10 Å². The van der Waals surface area contributed by atoms with E-state index in [0.29, 0.717) is 40.2 Å². The molecule has 7 nitrogen and oxygen atoms in total. The van der Waals surface area contributed by atoms with Crippen molar-refractivity contribution in [2.75, 3.05) is 6.54 Å². The van der Waals surface area contributed by atoms with Crippen LogP contribution in [0.5, 0.6) is 0 Å². The number of carbonyl (C=O) groups excluding carboxylic acids is 1. The summed E-state index contributed by atoms with van der Waals surface area (Å²) in [7, 11) is 0. The van der Waals surface area contributed by atoms with Crippen LogP contribution in [0.15, 0.2) is 83.8 Å². The van der Waals surface area contributed by atoms with E-state index in [-0.39, 0.29) is 23.8 Å². The SMILES string of the molecule is CCN(Cc1nc2ccccc2c(=O)[nH]1)C(=O)c1cn(-c2ccc(F)cc2)nc1-c1cccc(C)c1. The molecule has 0 atom stereocenters. The van der Waals surface area contributed by atoms with Gasteiger partial charge in [-0.3, -0.25) is 9.59 Å². The van der Waals surface area contributed by atoms with Crippen LogP contribution in [0.2, 0.25) is 0 Å². The number of fused-ring (bicyclic) bond motifs is 1. The first-order chi connectivity index (χ1) is 17.4. The number of rotatable bonds is 6. The van der Waals surface area contributed by atoms with Crippen LogP contribution in [-0.2, 0) is 6.54 Å². The number of hydrogen-bond acceptors (Lipinski definition) is 4. The van der Waals surface area contributed by atoms with Gasteiger partial charge < -0.3 is 9.88 Å². The summed E-state index contributed by atoms with van der Waals surface area (Å²) in [6.07, 6.45) is 1.66. The van der Waals surface area contributed by atoms with Gasteiger partial charge in [0.2, 0.25) is 0 Å². The highest BCUT2D eigenvalue weighted by Gasteiger charge is 2.24. The van der Waals surface area contributed by atoms with E-state index in [1.54, 1.807) is 46.1 Å². The maximum Gasteiger partial charge on any atom is 0.258 e.